The number of piperidine rings is 1. The number of fused-ring (bicyclic) bond motifs is 1. The first-order valence-corrected chi connectivity index (χ1v) is 9.73. The third kappa shape index (κ3) is 2.72. The zero-order valence-corrected chi connectivity index (χ0v) is 15.9. The van der Waals surface area contributed by atoms with Crippen LogP contribution >= 0.6 is 0 Å². The summed E-state index contributed by atoms with van der Waals surface area (Å²) in [6.07, 6.45) is 9.66. The summed E-state index contributed by atoms with van der Waals surface area (Å²) < 4.78 is 3.70. The Morgan fingerprint density at radius 1 is 1.11 bits per heavy atom. The maximum Gasteiger partial charge on any atom is 0.259 e. The van der Waals surface area contributed by atoms with E-state index in [1.54, 1.807) is 10.9 Å². The Morgan fingerprint density at radius 2 is 1.86 bits per heavy atom. The molecule has 1 fully saturated rings. The van der Waals surface area contributed by atoms with Gasteiger partial charge < -0.3 is 14.5 Å². The van der Waals surface area contributed by atoms with Crippen LogP contribution in [0, 0.1) is 0 Å². The van der Waals surface area contributed by atoms with E-state index in [0.29, 0.717) is 11.5 Å². The Morgan fingerprint density at radius 3 is 2.64 bits per heavy atom. The van der Waals surface area contributed by atoms with Gasteiger partial charge >= 0.3 is 0 Å². The molecule has 0 aliphatic carbocycles. The number of amides is 1. The molecule has 0 saturated carbocycles. The van der Waals surface area contributed by atoms with Gasteiger partial charge in [-0.2, -0.15) is 5.10 Å². The fourth-order valence-electron chi connectivity index (χ4n) is 4.36. The van der Waals surface area contributed by atoms with Gasteiger partial charge in [0, 0.05) is 49.6 Å². The van der Waals surface area contributed by atoms with E-state index in [4.69, 9.17) is 0 Å². The summed E-state index contributed by atoms with van der Waals surface area (Å²) in [5.41, 5.74) is 3.21. The zero-order chi connectivity index (χ0) is 19.1. The lowest BCUT2D eigenvalue weighted by atomic mass is 9.89. The number of para-hydroxylation sites is 1. The summed E-state index contributed by atoms with van der Waals surface area (Å²) in [5.74, 6) is 1.36. The second-order valence-corrected chi connectivity index (χ2v) is 7.45. The normalized spacial score (nSPS) is 15.4. The van der Waals surface area contributed by atoms with E-state index < -0.39 is 0 Å². The third-order valence-electron chi connectivity index (χ3n) is 5.83. The van der Waals surface area contributed by atoms with Crippen LogP contribution in [0.4, 0.5) is 0 Å². The fraction of sp³-hybridized carbons (Fsp3) is 0.273. The van der Waals surface area contributed by atoms with Crippen LogP contribution in [-0.4, -0.2) is 43.2 Å². The van der Waals surface area contributed by atoms with E-state index in [-0.39, 0.29) is 5.91 Å². The topological polar surface area (TPSA) is 58.9 Å². The van der Waals surface area contributed by atoms with E-state index in [0.717, 1.165) is 31.7 Å². The van der Waals surface area contributed by atoms with Crippen molar-refractivity contribution >= 4 is 16.8 Å². The van der Waals surface area contributed by atoms with Crippen molar-refractivity contribution < 1.29 is 4.79 Å². The van der Waals surface area contributed by atoms with Crippen LogP contribution in [0.5, 0.6) is 0 Å². The van der Waals surface area contributed by atoms with Crippen LogP contribution in [0.2, 0.25) is 0 Å². The molecule has 6 heteroatoms. The molecular formula is C22H23N5O. The Labute approximate surface area is 163 Å². The minimum Gasteiger partial charge on any atom is -0.361 e. The van der Waals surface area contributed by atoms with Gasteiger partial charge in [0.05, 0.1) is 6.20 Å². The lowest BCUT2D eigenvalue weighted by Gasteiger charge is -2.32. The quantitative estimate of drug-likeness (QED) is 0.595. The number of carbonyl (C=O) groups is 1. The third-order valence-corrected chi connectivity index (χ3v) is 5.83. The second-order valence-electron chi connectivity index (χ2n) is 7.45. The molecule has 0 spiro atoms. The molecule has 1 N–H and O–H groups in total. The predicted octanol–water partition coefficient (Wildman–Crippen LogP) is 3.71. The minimum atomic E-state index is 0.0641. The summed E-state index contributed by atoms with van der Waals surface area (Å²) in [6, 6.07) is 12.3. The van der Waals surface area contributed by atoms with Crippen molar-refractivity contribution in [1.29, 1.82) is 0 Å². The Balaban J connectivity index is 1.34. The van der Waals surface area contributed by atoms with E-state index >= 15 is 0 Å². The number of nitrogens with zero attached hydrogens (tertiary/aromatic N) is 4. The zero-order valence-electron chi connectivity index (χ0n) is 15.9. The highest BCUT2D eigenvalue weighted by atomic mass is 16.2. The summed E-state index contributed by atoms with van der Waals surface area (Å²) >= 11 is 0. The largest absolute Gasteiger partial charge is 0.361 e. The van der Waals surface area contributed by atoms with E-state index in [1.807, 2.05) is 41.0 Å². The maximum atomic E-state index is 13.2. The number of nitrogens with one attached hydrogen (secondary N) is 1. The molecule has 0 unspecified atom stereocenters. The average Bonchev–Trinajstić information content (AvgIpc) is 3.47. The van der Waals surface area contributed by atoms with Crippen molar-refractivity contribution in [1.82, 2.24) is 24.2 Å². The molecule has 5 rings (SSSR count). The molecule has 3 aromatic heterocycles. The van der Waals surface area contributed by atoms with Crippen LogP contribution in [0.1, 0.15) is 34.7 Å². The van der Waals surface area contributed by atoms with Crippen molar-refractivity contribution in [2.24, 2.45) is 7.05 Å². The number of hydrogen-bond acceptors (Lipinski definition) is 2. The number of benzene rings is 1. The van der Waals surface area contributed by atoms with Crippen molar-refractivity contribution in [2.75, 3.05) is 13.1 Å². The standard InChI is InChI=1S/C22H23N5O/c1-25-21(26-10-4-5-11-26)19(15-24-25)22(28)27-12-8-16(9-13-27)18-14-23-20-7-3-2-6-17(18)20/h2-7,10-11,14-16,23H,8-9,12-13H2,1H3. The number of likely N-dealkylation sites (tertiary alicyclic amines) is 1. The predicted molar refractivity (Wildman–Crippen MR) is 109 cm³/mol. The molecule has 0 atom stereocenters. The number of H-pyrrole nitrogens is 1. The van der Waals surface area contributed by atoms with Gasteiger partial charge in [-0.3, -0.25) is 9.48 Å². The number of hydrogen-bond donors (Lipinski definition) is 1. The molecule has 28 heavy (non-hydrogen) atoms. The lowest BCUT2D eigenvalue weighted by molar-refractivity contribution is 0.0713. The summed E-state index contributed by atoms with van der Waals surface area (Å²) in [4.78, 5) is 18.5. The highest BCUT2D eigenvalue weighted by Crippen LogP contribution is 2.33. The Hall–Kier alpha value is -3.28. The van der Waals surface area contributed by atoms with Crippen molar-refractivity contribution in [3.8, 4) is 5.82 Å². The first-order chi connectivity index (χ1) is 13.7. The summed E-state index contributed by atoms with van der Waals surface area (Å²) in [5, 5.41) is 5.62. The molecule has 4 heterocycles. The van der Waals surface area contributed by atoms with Gasteiger partial charge in [0.15, 0.2) is 0 Å². The fourth-order valence-corrected chi connectivity index (χ4v) is 4.36. The van der Waals surface area contributed by atoms with Crippen LogP contribution in [0.15, 0.2) is 61.2 Å². The lowest BCUT2D eigenvalue weighted by Crippen LogP contribution is -2.38. The van der Waals surface area contributed by atoms with Crippen LogP contribution in [-0.2, 0) is 7.05 Å². The molecule has 142 valence electrons. The van der Waals surface area contributed by atoms with Gasteiger partial charge in [-0.25, -0.2) is 0 Å². The monoisotopic (exact) mass is 373 g/mol. The van der Waals surface area contributed by atoms with Gasteiger partial charge in [-0.1, -0.05) is 18.2 Å². The van der Waals surface area contributed by atoms with Crippen molar-refractivity contribution in [3.05, 3.63) is 72.3 Å². The second kappa shape index (κ2) is 6.71. The van der Waals surface area contributed by atoms with Crippen LogP contribution in [0.25, 0.3) is 16.7 Å². The smallest absolute Gasteiger partial charge is 0.259 e. The van der Waals surface area contributed by atoms with Crippen molar-refractivity contribution in [3.63, 3.8) is 0 Å². The number of aromatic nitrogens is 4. The first-order valence-electron chi connectivity index (χ1n) is 9.73. The summed E-state index contributed by atoms with van der Waals surface area (Å²) in [7, 11) is 1.87. The molecule has 1 amide bonds. The van der Waals surface area contributed by atoms with Crippen LogP contribution < -0.4 is 0 Å². The minimum absolute atomic E-state index is 0.0641. The number of carbonyl (C=O) groups excluding carboxylic acids is 1. The number of rotatable bonds is 3. The molecular weight excluding hydrogens is 350 g/mol. The molecule has 0 radical (unpaired) electrons. The molecule has 1 aliphatic rings. The first kappa shape index (κ1) is 16.9. The SMILES string of the molecule is Cn1ncc(C(=O)N2CCC(c3c[nH]c4ccccc34)CC2)c1-n1cccc1. The van der Waals surface area contributed by atoms with Crippen molar-refractivity contribution in [2.45, 2.75) is 18.8 Å². The van der Waals surface area contributed by atoms with Crippen LogP contribution in [0.3, 0.4) is 0 Å². The maximum absolute atomic E-state index is 13.2. The number of aromatic amines is 1. The van der Waals surface area contributed by atoms with Gasteiger partial charge in [0.2, 0.25) is 0 Å². The van der Waals surface area contributed by atoms with Gasteiger partial charge in [0.25, 0.3) is 5.91 Å². The molecule has 1 aromatic carbocycles. The van der Waals surface area contributed by atoms with Gasteiger partial charge in [-0.05, 0) is 42.5 Å². The Kier molecular flexibility index (Phi) is 4.04. The molecule has 1 aliphatic heterocycles. The average molecular weight is 373 g/mol. The Bertz CT molecular complexity index is 1110. The van der Waals surface area contributed by atoms with E-state index in [1.165, 1.54) is 16.5 Å². The highest BCUT2D eigenvalue weighted by molar-refractivity contribution is 5.97. The number of aryl methyl sites for hydroxylation is 1. The summed E-state index contributed by atoms with van der Waals surface area (Å²) in [6.45, 7) is 1.53. The molecule has 6 nitrogen and oxygen atoms in total. The molecule has 4 aromatic rings. The van der Waals surface area contributed by atoms with Gasteiger partial charge in [0.1, 0.15) is 11.4 Å². The molecule has 0 bridgehead atoms. The molecule has 1 saturated heterocycles. The van der Waals surface area contributed by atoms with E-state index in [9.17, 15) is 4.79 Å². The highest BCUT2D eigenvalue weighted by Gasteiger charge is 2.28. The van der Waals surface area contributed by atoms with E-state index in [2.05, 4.69) is 40.5 Å². The van der Waals surface area contributed by atoms with Gasteiger partial charge in [-0.15, -0.1) is 0 Å².